The molecule has 0 bridgehead atoms. The Morgan fingerprint density at radius 3 is 3.00 bits per heavy atom. The fraction of sp³-hybridized carbons (Fsp3) is 0.429. The van der Waals surface area contributed by atoms with Gasteiger partial charge in [0.1, 0.15) is 10.0 Å². The summed E-state index contributed by atoms with van der Waals surface area (Å²) in [7, 11) is 0. The van der Waals surface area contributed by atoms with E-state index in [0.717, 1.165) is 49.6 Å². The summed E-state index contributed by atoms with van der Waals surface area (Å²) in [6.07, 6.45) is 4.80. The number of hydrogen-bond acceptors (Lipinski definition) is 4. The van der Waals surface area contributed by atoms with Crippen molar-refractivity contribution in [3.8, 4) is 10.6 Å². The van der Waals surface area contributed by atoms with Gasteiger partial charge in [0.15, 0.2) is 0 Å². The molecule has 6 heteroatoms. The highest BCUT2D eigenvalue weighted by Crippen LogP contribution is 2.30. The largest absolute Gasteiger partial charge is 0.314 e. The van der Waals surface area contributed by atoms with Crippen molar-refractivity contribution in [3.63, 3.8) is 0 Å². The number of aromatic nitrogens is 2. The second-order valence-corrected chi connectivity index (χ2v) is 7.62. The van der Waals surface area contributed by atoms with Crippen LogP contribution in [0.1, 0.15) is 24.3 Å². The molecule has 1 heterocycles. The van der Waals surface area contributed by atoms with E-state index in [2.05, 4.69) is 38.1 Å². The van der Waals surface area contributed by atoms with Crippen LogP contribution in [0.4, 0.5) is 0 Å². The number of hydrogen-bond donors (Lipinski definition) is 1. The highest BCUT2D eigenvalue weighted by atomic mass is 127. The summed E-state index contributed by atoms with van der Waals surface area (Å²) >= 11 is 10.0. The highest BCUT2D eigenvalue weighted by Gasteiger charge is 2.19. The van der Waals surface area contributed by atoms with Gasteiger partial charge in [0, 0.05) is 26.6 Å². The minimum atomic E-state index is 0.741. The van der Waals surface area contributed by atoms with Gasteiger partial charge < -0.3 is 5.32 Å². The molecule has 106 valence electrons. The van der Waals surface area contributed by atoms with E-state index >= 15 is 0 Å². The van der Waals surface area contributed by atoms with Crippen LogP contribution in [0.25, 0.3) is 10.6 Å². The van der Waals surface area contributed by atoms with E-state index in [0.29, 0.717) is 0 Å². The normalized spacial score (nSPS) is 14.7. The zero-order chi connectivity index (χ0) is 13.9. The molecule has 1 aliphatic rings. The molecule has 0 amide bonds. The first kappa shape index (κ1) is 14.7. The van der Waals surface area contributed by atoms with Crippen LogP contribution in [0.3, 0.4) is 0 Å². The van der Waals surface area contributed by atoms with Gasteiger partial charge >= 0.3 is 0 Å². The third-order valence-corrected chi connectivity index (χ3v) is 5.40. The molecule has 2 aromatic rings. The number of aryl methyl sites for hydroxylation is 1. The number of nitrogens with one attached hydrogen (secondary N) is 1. The monoisotopic (exact) mass is 419 g/mol. The Kier molecular flexibility index (Phi) is 4.91. The molecule has 1 fully saturated rings. The van der Waals surface area contributed by atoms with E-state index in [9.17, 15) is 0 Å². The minimum absolute atomic E-state index is 0.741. The van der Waals surface area contributed by atoms with Gasteiger partial charge in [-0.3, -0.25) is 0 Å². The summed E-state index contributed by atoms with van der Waals surface area (Å²) in [5.74, 6) is 0. The van der Waals surface area contributed by atoms with E-state index < -0.39 is 0 Å². The maximum Gasteiger partial charge on any atom is 0.148 e. The Labute approximate surface area is 141 Å². The van der Waals surface area contributed by atoms with Crippen LogP contribution in [0, 0.1) is 3.57 Å². The van der Waals surface area contributed by atoms with Gasteiger partial charge in [-0.1, -0.05) is 22.9 Å². The van der Waals surface area contributed by atoms with Gasteiger partial charge in [0.05, 0.1) is 0 Å². The van der Waals surface area contributed by atoms with Crippen molar-refractivity contribution in [1.29, 1.82) is 0 Å². The number of rotatable bonds is 6. The van der Waals surface area contributed by atoms with Gasteiger partial charge in [-0.05, 0) is 66.6 Å². The van der Waals surface area contributed by atoms with Gasteiger partial charge in [0.25, 0.3) is 0 Å². The molecule has 1 saturated carbocycles. The Morgan fingerprint density at radius 2 is 2.20 bits per heavy atom. The Morgan fingerprint density at radius 1 is 1.35 bits per heavy atom. The third kappa shape index (κ3) is 3.90. The Bertz CT molecular complexity index is 598. The lowest BCUT2D eigenvalue weighted by Crippen LogP contribution is -2.17. The van der Waals surface area contributed by atoms with E-state index in [4.69, 9.17) is 11.6 Å². The molecule has 1 aromatic heterocycles. The molecule has 1 N–H and O–H groups in total. The van der Waals surface area contributed by atoms with Crippen molar-refractivity contribution in [2.24, 2.45) is 0 Å². The number of benzene rings is 1. The van der Waals surface area contributed by atoms with Gasteiger partial charge in [-0.25, -0.2) is 0 Å². The van der Waals surface area contributed by atoms with Crippen molar-refractivity contribution >= 4 is 45.5 Å². The van der Waals surface area contributed by atoms with Crippen LogP contribution in [0.2, 0.25) is 5.02 Å². The maximum atomic E-state index is 6.06. The van der Waals surface area contributed by atoms with Crippen LogP contribution in [0.15, 0.2) is 18.2 Å². The fourth-order valence-corrected chi connectivity index (χ4v) is 3.82. The molecule has 0 aliphatic heterocycles. The molecule has 0 atom stereocenters. The average molecular weight is 420 g/mol. The lowest BCUT2D eigenvalue weighted by molar-refractivity contribution is 0.643. The third-order valence-electron chi connectivity index (χ3n) is 3.20. The van der Waals surface area contributed by atoms with E-state index in [-0.39, 0.29) is 0 Å². The van der Waals surface area contributed by atoms with Crippen LogP contribution < -0.4 is 5.32 Å². The quantitative estimate of drug-likeness (QED) is 0.565. The van der Waals surface area contributed by atoms with Crippen LogP contribution in [0.5, 0.6) is 0 Å². The van der Waals surface area contributed by atoms with Crippen molar-refractivity contribution in [2.45, 2.75) is 31.7 Å². The van der Waals surface area contributed by atoms with Gasteiger partial charge in [-0.15, -0.1) is 10.2 Å². The summed E-state index contributed by atoms with van der Waals surface area (Å²) in [6.45, 7) is 1.08. The molecule has 20 heavy (non-hydrogen) atoms. The first-order valence-electron chi connectivity index (χ1n) is 6.73. The molecule has 3 rings (SSSR count). The molecular formula is C14H15ClIN3S. The van der Waals surface area contributed by atoms with Crippen molar-refractivity contribution in [3.05, 3.63) is 31.8 Å². The smallest absolute Gasteiger partial charge is 0.148 e. The maximum absolute atomic E-state index is 6.06. The molecule has 1 aliphatic carbocycles. The summed E-state index contributed by atoms with van der Waals surface area (Å²) < 4.78 is 1.16. The van der Waals surface area contributed by atoms with E-state index in [1.807, 2.05) is 18.2 Å². The van der Waals surface area contributed by atoms with Crippen molar-refractivity contribution in [1.82, 2.24) is 15.5 Å². The first-order chi connectivity index (χ1) is 9.72. The number of nitrogens with zero attached hydrogens (tertiary/aromatic N) is 2. The second-order valence-electron chi connectivity index (χ2n) is 4.96. The summed E-state index contributed by atoms with van der Waals surface area (Å²) in [5, 5.41) is 14.9. The molecular weight excluding hydrogens is 405 g/mol. The molecule has 0 spiro atoms. The molecule has 0 saturated heterocycles. The van der Waals surface area contributed by atoms with E-state index in [1.165, 1.54) is 12.8 Å². The Balaban J connectivity index is 1.61. The zero-order valence-corrected chi connectivity index (χ0v) is 14.6. The van der Waals surface area contributed by atoms with Crippen LogP contribution in [-0.2, 0) is 6.42 Å². The SMILES string of the molecule is Clc1ccc(I)c(-c2nnc(CCCNC3CC3)s2)c1. The lowest BCUT2D eigenvalue weighted by atomic mass is 10.2. The van der Waals surface area contributed by atoms with Gasteiger partial charge in [0.2, 0.25) is 0 Å². The summed E-state index contributed by atoms with van der Waals surface area (Å²) in [6, 6.07) is 6.66. The standard InChI is InChI=1S/C14H15ClIN3S/c15-9-3-6-12(16)11(8-9)14-19-18-13(20-14)2-1-7-17-10-4-5-10/h3,6,8,10,17H,1-2,4-5,7H2. The summed E-state index contributed by atoms with van der Waals surface area (Å²) in [5.41, 5.74) is 1.08. The van der Waals surface area contributed by atoms with Crippen molar-refractivity contribution < 1.29 is 0 Å². The van der Waals surface area contributed by atoms with Crippen LogP contribution in [-0.4, -0.2) is 22.8 Å². The predicted octanol–water partition coefficient (Wildman–Crippen LogP) is 4.15. The van der Waals surface area contributed by atoms with Crippen LogP contribution >= 0.6 is 45.5 Å². The van der Waals surface area contributed by atoms with Gasteiger partial charge in [-0.2, -0.15) is 0 Å². The first-order valence-corrected chi connectivity index (χ1v) is 9.01. The average Bonchev–Trinajstić information content (AvgIpc) is 3.15. The molecule has 0 unspecified atom stereocenters. The fourth-order valence-electron chi connectivity index (χ4n) is 1.96. The zero-order valence-electron chi connectivity index (χ0n) is 10.9. The molecule has 0 radical (unpaired) electrons. The lowest BCUT2D eigenvalue weighted by Gasteiger charge is -2.00. The minimum Gasteiger partial charge on any atom is -0.314 e. The summed E-state index contributed by atoms with van der Waals surface area (Å²) in [4.78, 5) is 0. The van der Waals surface area contributed by atoms with Crippen molar-refractivity contribution in [2.75, 3.05) is 6.54 Å². The topological polar surface area (TPSA) is 37.8 Å². The Hall–Kier alpha value is -0.240. The van der Waals surface area contributed by atoms with E-state index in [1.54, 1.807) is 11.3 Å². The second kappa shape index (κ2) is 6.68. The molecule has 1 aromatic carbocycles. The number of halogens is 2. The predicted molar refractivity (Wildman–Crippen MR) is 92.4 cm³/mol. The highest BCUT2D eigenvalue weighted by molar-refractivity contribution is 14.1. The molecule has 3 nitrogen and oxygen atoms in total.